The summed E-state index contributed by atoms with van der Waals surface area (Å²) in [4.78, 5) is 1.21. The Labute approximate surface area is 310 Å². The van der Waals surface area contributed by atoms with E-state index in [4.69, 9.17) is 0 Å². The number of hydrogen-bond donors (Lipinski definition) is 0. The minimum atomic E-state index is -5.63. The van der Waals surface area contributed by atoms with Gasteiger partial charge < -0.3 is 0 Å². The molecule has 2 heterocycles. The van der Waals surface area contributed by atoms with E-state index in [0.717, 1.165) is 54.2 Å². The third-order valence-corrected chi connectivity index (χ3v) is 15.5. The molecule has 1 fully saturated rings. The highest BCUT2D eigenvalue weighted by Gasteiger charge is 2.84. The molecule has 1 saturated carbocycles. The summed E-state index contributed by atoms with van der Waals surface area (Å²) in [5.41, 5.74) is -1.12. The predicted octanol–water partition coefficient (Wildman–Crippen LogP) is 14.0. The molecule has 53 heavy (non-hydrogen) atoms. The molecule has 2 aliphatic carbocycles. The SMILES string of the molecule is CCC12SC(c3c4ccccc4cc4ccccc34)=CC1=C1C(=C3C=C(c4c5ccccc5cc5ccccc45)SC32CC)C(F)(F)C(F)(F)C1(F)F. The van der Waals surface area contributed by atoms with E-state index in [9.17, 15) is 0 Å². The zero-order valence-electron chi connectivity index (χ0n) is 28.5. The van der Waals surface area contributed by atoms with Crippen LogP contribution in [-0.4, -0.2) is 27.3 Å². The first-order chi connectivity index (χ1) is 25.4. The Kier molecular flexibility index (Phi) is 6.80. The molecule has 2 atom stereocenters. The van der Waals surface area contributed by atoms with Gasteiger partial charge in [0.1, 0.15) is 0 Å². The molecule has 2 aliphatic heterocycles. The molecule has 0 nitrogen and oxygen atoms in total. The molecule has 0 bridgehead atoms. The first-order valence-corrected chi connectivity index (χ1v) is 19.3. The van der Waals surface area contributed by atoms with Crippen molar-refractivity contribution in [1.29, 1.82) is 0 Å². The average molecular weight is 749 g/mol. The van der Waals surface area contributed by atoms with Crippen molar-refractivity contribution in [2.24, 2.45) is 0 Å². The maximum atomic E-state index is 16.5. The van der Waals surface area contributed by atoms with E-state index >= 15 is 26.3 Å². The van der Waals surface area contributed by atoms with E-state index in [1.807, 2.05) is 111 Å². The Balaban J connectivity index is 1.31. The highest BCUT2D eigenvalue weighted by molar-refractivity contribution is 8.14. The summed E-state index contributed by atoms with van der Waals surface area (Å²) in [6.45, 7) is 3.72. The number of halogens is 6. The van der Waals surface area contributed by atoms with Crippen LogP contribution in [-0.2, 0) is 0 Å². The molecular weight excluding hydrogens is 719 g/mol. The van der Waals surface area contributed by atoms with Crippen LogP contribution in [0.15, 0.2) is 144 Å². The lowest BCUT2D eigenvalue weighted by Crippen LogP contribution is -2.52. The van der Waals surface area contributed by atoms with Gasteiger partial charge in [-0.3, -0.25) is 0 Å². The zero-order valence-corrected chi connectivity index (χ0v) is 30.2. The summed E-state index contributed by atoms with van der Waals surface area (Å²) < 4.78 is 94.9. The molecule has 0 saturated heterocycles. The Morgan fingerprint density at radius 3 is 1.06 bits per heavy atom. The lowest BCUT2D eigenvalue weighted by molar-refractivity contribution is -0.258. The molecule has 10 rings (SSSR count). The molecule has 8 heteroatoms. The van der Waals surface area contributed by atoms with Crippen molar-refractivity contribution in [3.8, 4) is 0 Å². The topological polar surface area (TPSA) is 0 Å². The van der Waals surface area contributed by atoms with E-state index in [1.165, 1.54) is 23.5 Å². The van der Waals surface area contributed by atoms with Crippen molar-refractivity contribution in [1.82, 2.24) is 0 Å². The van der Waals surface area contributed by atoms with Gasteiger partial charge in [-0.05, 0) is 91.4 Å². The fourth-order valence-electron chi connectivity index (χ4n) is 9.52. The second kappa shape index (κ2) is 10.9. The van der Waals surface area contributed by atoms with E-state index in [1.54, 1.807) is 12.2 Å². The van der Waals surface area contributed by atoms with Crippen LogP contribution in [0.25, 0.3) is 52.9 Å². The quantitative estimate of drug-likeness (QED) is 0.130. The number of allylic oxidation sites excluding steroid dienone is 4. The lowest BCUT2D eigenvalue weighted by Gasteiger charge is -2.50. The minimum Gasteiger partial charge on any atom is -0.194 e. The third kappa shape index (κ3) is 3.93. The number of rotatable bonds is 4. The fraction of sp³-hybridized carbons (Fsp3) is 0.200. The van der Waals surface area contributed by atoms with Gasteiger partial charge in [-0.25, -0.2) is 0 Å². The largest absolute Gasteiger partial charge is 0.380 e. The molecule has 6 aromatic rings. The van der Waals surface area contributed by atoms with Crippen LogP contribution >= 0.6 is 23.5 Å². The van der Waals surface area contributed by atoms with Crippen molar-refractivity contribution in [2.75, 3.05) is 0 Å². The van der Waals surface area contributed by atoms with Gasteiger partial charge in [0.25, 0.3) is 0 Å². The molecule has 0 radical (unpaired) electrons. The molecule has 0 N–H and O–H groups in total. The van der Waals surface area contributed by atoms with Crippen LogP contribution in [0, 0.1) is 0 Å². The van der Waals surface area contributed by atoms with E-state index in [2.05, 4.69) is 12.1 Å². The monoisotopic (exact) mass is 748 g/mol. The van der Waals surface area contributed by atoms with Crippen molar-refractivity contribution in [3.63, 3.8) is 0 Å². The van der Waals surface area contributed by atoms with Gasteiger partial charge in [-0.2, -0.15) is 26.3 Å². The van der Waals surface area contributed by atoms with Crippen molar-refractivity contribution >= 4 is 76.4 Å². The van der Waals surface area contributed by atoms with Gasteiger partial charge in [0.15, 0.2) is 0 Å². The molecule has 2 unspecified atom stereocenters. The van der Waals surface area contributed by atoms with Crippen LogP contribution in [0.2, 0.25) is 0 Å². The fourth-order valence-corrected chi connectivity index (χ4v) is 13.2. The number of fused-ring (bicyclic) bond motifs is 8. The lowest BCUT2D eigenvalue weighted by atomic mass is 9.67. The second-order valence-electron chi connectivity index (χ2n) is 14.3. The van der Waals surface area contributed by atoms with Gasteiger partial charge in [0.2, 0.25) is 0 Å². The van der Waals surface area contributed by atoms with Gasteiger partial charge in [0, 0.05) is 32.1 Å². The Morgan fingerprint density at radius 2 is 0.755 bits per heavy atom. The van der Waals surface area contributed by atoms with Gasteiger partial charge in [-0.1, -0.05) is 111 Å². The summed E-state index contributed by atoms with van der Waals surface area (Å²) in [7, 11) is 0. The summed E-state index contributed by atoms with van der Waals surface area (Å²) in [5.74, 6) is -15.9. The summed E-state index contributed by atoms with van der Waals surface area (Å²) in [6.07, 6.45) is 3.56. The average Bonchev–Trinajstić information content (AvgIpc) is 3.78. The molecule has 0 amide bonds. The number of thioether (sulfide) groups is 2. The molecule has 0 spiro atoms. The third-order valence-electron chi connectivity index (χ3n) is 11.9. The summed E-state index contributed by atoms with van der Waals surface area (Å²) >= 11 is 2.74. The van der Waals surface area contributed by atoms with Crippen LogP contribution < -0.4 is 0 Å². The Hall–Kier alpha value is -4.40. The summed E-state index contributed by atoms with van der Waals surface area (Å²) in [6, 6.07) is 35.2. The zero-order chi connectivity index (χ0) is 36.7. The standard InChI is InChI=1S/C45H30F6S2/c1-3-41-33(23-35(52-41)37-29-17-9-5-13-25(29)21-26-14-6-10-18-30(26)37)39-40(44(48,49)45(50,51)43(39,46)47)34-24-36(53-42(34,41)4-2)38-31-19-11-7-15-27(31)22-28-16-8-12-20-32(28)38/h5-24H,3-4H2,1-2H3. The van der Waals surface area contributed by atoms with E-state index in [-0.39, 0.29) is 24.0 Å². The van der Waals surface area contributed by atoms with Crippen LogP contribution in [0.5, 0.6) is 0 Å². The number of benzene rings is 6. The van der Waals surface area contributed by atoms with Gasteiger partial charge >= 0.3 is 17.8 Å². The molecule has 4 aliphatic rings. The molecular formula is C45H30F6S2. The van der Waals surface area contributed by atoms with Crippen molar-refractivity contribution < 1.29 is 26.3 Å². The van der Waals surface area contributed by atoms with Crippen molar-refractivity contribution in [2.45, 2.75) is 54.0 Å². The number of alkyl halides is 6. The first kappa shape index (κ1) is 33.2. The molecule has 0 aromatic heterocycles. The smallest absolute Gasteiger partial charge is 0.194 e. The van der Waals surface area contributed by atoms with Crippen LogP contribution in [0.1, 0.15) is 37.8 Å². The maximum Gasteiger partial charge on any atom is 0.380 e. The maximum absolute atomic E-state index is 16.5. The minimum absolute atomic E-state index is 0.121. The first-order valence-electron chi connectivity index (χ1n) is 17.7. The van der Waals surface area contributed by atoms with E-state index < -0.39 is 38.4 Å². The Morgan fingerprint density at radius 1 is 0.453 bits per heavy atom. The van der Waals surface area contributed by atoms with Crippen LogP contribution in [0.3, 0.4) is 0 Å². The predicted molar refractivity (Wildman–Crippen MR) is 209 cm³/mol. The van der Waals surface area contributed by atoms with Crippen molar-refractivity contribution in [3.05, 3.63) is 155 Å². The Bertz CT molecular complexity index is 2460. The summed E-state index contributed by atoms with van der Waals surface area (Å²) in [5, 5.41) is 7.19. The molecule has 6 aromatic carbocycles. The molecule has 264 valence electrons. The normalized spacial score (nSPS) is 25.3. The highest BCUT2D eigenvalue weighted by atomic mass is 32.2. The highest BCUT2D eigenvalue weighted by Crippen LogP contribution is 2.77. The second-order valence-corrected chi connectivity index (χ2v) is 17.0. The van der Waals surface area contributed by atoms with Crippen LogP contribution in [0.4, 0.5) is 26.3 Å². The van der Waals surface area contributed by atoms with Gasteiger partial charge in [0.05, 0.1) is 9.49 Å². The van der Waals surface area contributed by atoms with E-state index in [0.29, 0.717) is 9.81 Å². The number of hydrogen-bond acceptors (Lipinski definition) is 2. The van der Waals surface area contributed by atoms with Gasteiger partial charge in [-0.15, -0.1) is 23.5 Å².